The topological polar surface area (TPSA) is 26.3 Å². The van der Waals surface area contributed by atoms with Crippen LogP contribution >= 0.6 is 0 Å². The highest BCUT2D eigenvalue weighted by atomic mass is 19.1. The molecule has 3 heteroatoms. The van der Waals surface area contributed by atoms with Gasteiger partial charge in [-0.05, 0) is 30.9 Å². The van der Waals surface area contributed by atoms with Gasteiger partial charge < -0.3 is 4.74 Å². The fourth-order valence-electron chi connectivity index (χ4n) is 2.45. The number of benzene rings is 1. The van der Waals surface area contributed by atoms with E-state index >= 15 is 0 Å². The molecule has 0 heterocycles. The third kappa shape index (κ3) is 2.65. The highest BCUT2D eigenvalue weighted by molar-refractivity contribution is 5.71. The molecule has 0 aromatic heterocycles. The maximum absolute atomic E-state index is 13.9. The van der Waals surface area contributed by atoms with E-state index in [9.17, 15) is 9.18 Å². The molecule has 1 aliphatic rings. The minimum Gasteiger partial charge on any atom is -0.466 e. The van der Waals surface area contributed by atoms with Gasteiger partial charge in [0.1, 0.15) is 6.17 Å². The molecule has 2 nitrogen and oxygen atoms in total. The molecular weight excluding hydrogens is 219 g/mol. The van der Waals surface area contributed by atoms with Crippen LogP contribution in [0.2, 0.25) is 0 Å². The number of halogens is 1. The molecule has 0 saturated carbocycles. The molecule has 0 bridgehead atoms. The molecule has 1 aromatic carbocycles. The summed E-state index contributed by atoms with van der Waals surface area (Å²) in [5.74, 6) is -0.643. The average Bonchev–Trinajstić information content (AvgIpc) is 2.33. The van der Waals surface area contributed by atoms with Crippen LogP contribution in [0.25, 0.3) is 0 Å². The maximum atomic E-state index is 13.9. The molecule has 2 rings (SSSR count). The molecule has 0 amide bonds. The summed E-state index contributed by atoms with van der Waals surface area (Å²) in [4.78, 5) is 11.5. The first-order valence-electron chi connectivity index (χ1n) is 6.10. The Labute approximate surface area is 101 Å². The number of hydrogen-bond donors (Lipinski definition) is 0. The van der Waals surface area contributed by atoms with E-state index in [0.717, 1.165) is 17.5 Å². The van der Waals surface area contributed by atoms with Gasteiger partial charge in [0, 0.05) is 5.92 Å². The van der Waals surface area contributed by atoms with Crippen molar-refractivity contribution < 1.29 is 13.9 Å². The van der Waals surface area contributed by atoms with Crippen LogP contribution in [0, 0.1) is 0 Å². The van der Waals surface area contributed by atoms with Crippen LogP contribution in [0.15, 0.2) is 24.3 Å². The molecule has 0 spiro atoms. The molecule has 1 aromatic rings. The average molecular weight is 236 g/mol. The van der Waals surface area contributed by atoms with Gasteiger partial charge in [0.05, 0.1) is 13.0 Å². The van der Waals surface area contributed by atoms with Gasteiger partial charge in [-0.25, -0.2) is 4.39 Å². The monoisotopic (exact) mass is 236 g/mol. The Bertz CT molecular complexity index is 403. The number of hydrogen-bond acceptors (Lipinski definition) is 2. The summed E-state index contributed by atoms with van der Waals surface area (Å²) in [6, 6.07) is 7.79. The van der Waals surface area contributed by atoms with E-state index in [2.05, 4.69) is 0 Å². The number of aryl methyl sites for hydroxylation is 1. The lowest BCUT2D eigenvalue weighted by Crippen LogP contribution is -2.25. The molecular formula is C14H17FO2. The van der Waals surface area contributed by atoms with Gasteiger partial charge in [-0.15, -0.1) is 0 Å². The summed E-state index contributed by atoms with van der Waals surface area (Å²) in [6.07, 6.45) is 0.471. The third-order valence-corrected chi connectivity index (χ3v) is 3.27. The van der Waals surface area contributed by atoms with Gasteiger partial charge in [-0.2, -0.15) is 0 Å². The fraction of sp³-hybridized carbons (Fsp3) is 0.500. The zero-order valence-electron chi connectivity index (χ0n) is 9.99. The van der Waals surface area contributed by atoms with Crippen LogP contribution in [-0.4, -0.2) is 18.7 Å². The predicted molar refractivity (Wildman–Crippen MR) is 63.7 cm³/mol. The number of alkyl halides is 1. The first-order valence-corrected chi connectivity index (χ1v) is 6.10. The van der Waals surface area contributed by atoms with Crippen molar-refractivity contribution in [1.29, 1.82) is 0 Å². The normalized spacial score (nSPS) is 22.9. The van der Waals surface area contributed by atoms with Gasteiger partial charge >= 0.3 is 5.97 Å². The number of carbonyl (C=O) groups is 1. The number of esters is 1. The zero-order chi connectivity index (χ0) is 12.3. The Balaban J connectivity index is 2.18. The smallest absolute Gasteiger partial charge is 0.306 e. The van der Waals surface area contributed by atoms with E-state index < -0.39 is 6.17 Å². The second-order valence-corrected chi connectivity index (χ2v) is 4.37. The second-order valence-electron chi connectivity index (χ2n) is 4.37. The lowest BCUT2D eigenvalue weighted by molar-refractivity contribution is -0.144. The van der Waals surface area contributed by atoms with E-state index in [1.165, 1.54) is 0 Å². The highest BCUT2D eigenvalue weighted by Gasteiger charge is 2.31. The number of carbonyl (C=O) groups excluding carboxylic acids is 1. The lowest BCUT2D eigenvalue weighted by atomic mass is 9.80. The Hall–Kier alpha value is -1.38. The Kier molecular flexibility index (Phi) is 3.77. The summed E-state index contributed by atoms with van der Waals surface area (Å²) in [7, 11) is 0. The predicted octanol–water partition coefficient (Wildman–Crippen LogP) is 3.01. The van der Waals surface area contributed by atoms with E-state index in [-0.39, 0.29) is 18.3 Å². The van der Waals surface area contributed by atoms with E-state index in [0.29, 0.717) is 13.0 Å². The lowest BCUT2D eigenvalue weighted by Gasteiger charge is -2.28. The largest absolute Gasteiger partial charge is 0.466 e. The molecule has 0 fully saturated rings. The van der Waals surface area contributed by atoms with E-state index in [4.69, 9.17) is 4.74 Å². The summed E-state index contributed by atoms with van der Waals surface area (Å²) >= 11 is 0. The number of rotatable bonds is 3. The fourth-order valence-corrected chi connectivity index (χ4v) is 2.45. The van der Waals surface area contributed by atoms with Crippen LogP contribution in [0.3, 0.4) is 0 Å². The molecule has 0 saturated heterocycles. The van der Waals surface area contributed by atoms with Crippen molar-refractivity contribution in [3.05, 3.63) is 35.4 Å². The third-order valence-electron chi connectivity index (χ3n) is 3.27. The van der Waals surface area contributed by atoms with Crippen LogP contribution < -0.4 is 0 Å². The molecule has 0 aliphatic heterocycles. The Morgan fingerprint density at radius 2 is 2.24 bits per heavy atom. The Morgan fingerprint density at radius 1 is 1.47 bits per heavy atom. The quantitative estimate of drug-likeness (QED) is 0.754. The second kappa shape index (κ2) is 5.30. The standard InChI is InChI=1S/C14H17FO2/c1-2-17-14(16)9-12-11-6-4-3-5-10(11)7-8-13(12)15/h3-6,12-13H,2,7-9H2,1H3. The zero-order valence-corrected chi connectivity index (χ0v) is 9.99. The van der Waals surface area contributed by atoms with Crippen molar-refractivity contribution in [3.63, 3.8) is 0 Å². The summed E-state index contributed by atoms with van der Waals surface area (Å²) in [6.45, 7) is 2.11. The first-order chi connectivity index (χ1) is 8.22. The first kappa shape index (κ1) is 12.1. The van der Waals surface area contributed by atoms with E-state index in [1.54, 1.807) is 6.92 Å². The van der Waals surface area contributed by atoms with Gasteiger partial charge in [0.15, 0.2) is 0 Å². The molecule has 2 atom stereocenters. The highest BCUT2D eigenvalue weighted by Crippen LogP contribution is 2.36. The number of ether oxygens (including phenoxy) is 1. The summed E-state index contributed by atoms with van der Waals surface area (Å²) in [5.41, 5.74) is 2.13. The van der Waals surface area contributed by atoms with Crippen molar-refractivity contribution in [2.75, 3.05) is 6.61 Å². The Morgan fingerprint density at radius 3 is 3.00 bits per heavy atom. The van der Waals surface area contributed by atoms with Gasteiger partial charge in [-0.1, -0.05) is 24.3 Å². The minimum atomic E-state index is -0.936. The maximum Gasteiger partial charge on any atom is 0.306 e. The SMILES string of the molecule is CCOC(=O)CC1c2ccccc2CCC1F. The van der Waals surface area contributed by atoms with Gasteiger partial charge in [0.25, 0.3) is 0 Å². The van der Waals surface area contributed by atoms with Gasteiger partial charge in [0.2, 0.25) is 0 Å². The summed E-state index contributed by atoms with van der Waals surface area (Å²) < 4.78 is 18.8. The molecule has 1 aliphatic carbocycles. The summed E-state index contributed by atoms with van der Waals surface area (Å²) in [5, 5.41) is 0. The molecule has 0 N–H and O–H groups in total. The van der Waals surface area contributed by atoms with Crippen LogP contribution in [0.5, 0.6) is 0 Å². The van der Waals surface area contributed by atoms with Crippen LogP contribution in [0.1, 0.15) is 36.8 Å². The van der Waals surface area contributed by atoms with E-state index in [1.807, 2.05) is 24.3 Å². The van der Waals surface area contributed by atoms with Crippen LogP contribution in [-0.2, 0) is 16.0 Å². The van der Waals surface area contributed by atoms with Crippen molar-refractivity contribution in [3.8, 4) is 0 Å². The molecule has 0 radical (unpaired) electrons. The van der Waals surface area contributed by atoms with Crippen molar-refractivity contribution in [2.45, 2.75) is 38.3 Å². The number of fused-ring (bicyclic) bond motifs is 1. The van der Waals surface area contributed by atoms with Crippen molar-refractivity contribution >= 4 is 5.97 Å². The van der Waals surface area contributed by atoms with Gasteiger partial charge in [-0.3, -0.25) is 4.79 Å². The van der Waals surface area contributed by atoms with Crippen molar-refractivity contribution in [1.82, 2.24) is 0 Å². The molecule has 17 heavy (non-hydrogen) atoms. The minimum absolute atomic E-state index is 0.145. The molecule has 92 valence electrons. The van der Waals surface area contributed by atoms with Crippen molar-refractivity contribution in [2.24, 2.45) is 0 Å². The van der Waals surface area contributed by atoms with Crippen LogP contribution in [0.4, 0.5) is 4.39 Å². The molecule has 2 unspecified atom stereocenters.